The third-order valence-corrected chi connectivity index (χ3v) is 2.56. The van der Waals surface area contributed by atoms with E-state index in [1.165, 1.54) is 18.2 Å². The number of para-hydroxylation sites is 1. The molecule has 0 aliphatic rings. The van der Waals surface area contributed by atoms with E-state index in [0.29, 0.717) is 5.56 Å². The van der Waals surface area contributed by atoms with Crippen LogP contribution in [0.2, 0.25) is 0 Å². The first-order valence-electron chi connectivity index (χ1n) is 5.52. The molecular formula is C15H9NO3. The van der Waals surface area contributed by atoms with Crippen LogP contribution in [0.25, 0.3) is 0 Å². The zero-order chi connectivity index (χ0) is 13.7. The van der Waals surface area contributed by atoms with E-state index in [1.807, 2.05) is 0 Å². The summed E-state index contributed by atoms with van der Waals surface area (Å²) in [5.74, 6) is -0.403. The molecule has 1 N–H and O–H groups in total. The molecule has 2 radical (unpaired) electrons. The average molecular weight is 251 g/mol. The Labute approximate surface area is 110 Å². The first-order valence-corrected chi connectivity index (χ1v) is 5.52. The molecule has 0 bridgehead atoms. The fourth-order valence-corrected chi connectivity index (χ4v) is 1.63. The van der Waals surface area contributed by atoms with Crippen LogP contribution in [0.15, 0.2) is 48.5 Å². The van der Waals surface area contributed by atoms with Crippen molar-refractivity contribution in [3.05, 3.63) is 65.2 Å². The number of amides is 1. The molecule has 4 nitrogen and oxygen atoms in total. The number of nitrogens with one attached hydrogen (secondary N) is 1. The van der Waals surface area contributed by atoms with Gasteiger partial charge in [0.25, 0.3) is 5.91 Å². The first-order chi connectivity index (χ1) is 9.26. The zero-order valence-electron chi connectivity index (χ0n) is 9.84. The summed E-state index contributed by atoms with van der Waals surface area (Å²) in [5, 5.41) is 2.53. The molecule has 0 heterocycles. The van der Waals surface area contributed by atoms with Crippen LogP contribution in [-0.2, 0) is 9.59 Å². The van der Waals surface area contributed by atoms with Gasteiger partial charge in [-0.3, -0.25) is 14.4 Å². The van der Waals surface area contributed by atoms with E-state index in [4.69, 9.17) is 0 Å². The van der Waals surface area contributed by atoms with Crippen molar-refractivity contribution in [2.75, 3.05) is 5.32 Å². The van der Waals surface area contributed by atoms with Crippen LogP contribution in [0.4, 0.5) is 5.69 Å². The van der Waals surface area contributed by atoms with E-state index in [1.54, 1.807) is 42.9 Å². The van der Waals surface area contributed by atoms with Gasteiger partial charge in [0.15, 0.2) is 0 Å². The summed E-state index contributed by atoms with van der Waals surface area (Å²) in [4.78, 5) is 33.6. The van der Waals surface area contributed by atoms with Crippen LogP contribution < -0.4 is 5.32 Å². The topological polar surface area (TPSA) is 63.2 Å². The van der Waals surface area contributed by atoms with Crippen molar-refractivity contribution in [2.45, 2.75) is 0 Å². The highest BCUT2D eigenvalue weighted by atomic mass is 16.2. The van der Waals surface area contributed by atoms with Crippen molar-refractivity contribution in [3.63, 3.8) is 0 Å². The van der Waals surface area contributed by atoms with Crippen LogP contribution in [0.5, 0.6) is 0 Å². The zero-order valence-corrected chi connectivity index (χ0v) is 9.84. The lowest BCUT2D eigenvalue weighted by Crippen LogP contribution is -2.14. The van der Waals surface area contributed by atoms with Crippen LogP contribution in [0, 0.1) is 0 Å². The Morgan fingerprint density at radius 2 is 1.42 bits per heavy atom. The third kappa shape index (κ3) is 2.74. The maximum Gasteiger partial charge on any atom is 0.255 e. The molecule has 0 saturated heterocycles. The van der Waals surface area contributed by atoms with E-state index in [2.05, 4.69) is 5.32 Å². The second kappa shape index (κ2) is 5.73. The molecule has 0 aliphatic heterocycles. The van der Waals surface area contributed by atoms with Gasteiger partial charge in [0.2, 0.25) is 12.6 Å². The summed E-state index contributed by atoms with van der Waals surface area (Å²) in [5.41, 5.74) is 0.789. The number of carbonyl (C=O) groups excluding carboxylic acids is 3. The summed E-state index contributed by atoms with van der Waals surface area (Å²) >= 11 is 0. The Kier molecular flexibility index (Phi) is 3.83. The quantitative estimate of drug-likeness (QED) is 0.902. The Morgan fingerprint density at radius 3 is 1.95 bits per heavy atom. The Morgan fingerprint density at radius 1 is 0.842 bits per heavy atom. The first kappa shape index (κ1) is 12.7. The van der Waals surface area contributed by atoms with Gasteiger partial charge in [0.1, 0.15) is 0 Å². The van der Waals surface area contributed by atoms with Crippen LogP contribution in [0.1, 0.15) is 21.5 Å². The predicted octanol–water partition coefficient (Wildman–Crippen LogP) is 1.85. The van der Waals surface area contributed by atoms with Gasteiger partial charge >= 0.3 is 0 Å². The van der Waals surface area contributed by atoms with Gasteiger partial charge < -0.3 is 5.32 Å². The number of rotatable bonds is 4. The van der Waals surface area contributed by atoms with Gasteiger partial charge in [0.05, 0.1) is 16.8 Å². The monoisotopic (exact) mass is 251 g/mol. The van der Waals surface area contributed by atoms with Crippen molar-refractivity contribution in [2.24, 2.45) is 0 Å². The molecule has 19 heavy (non-hydrogen) atoms. The molecule has 0 atom stereocenters. The van der Waals surface area contributed by atoms with Gasteiger partial charge in [-0.1, -0.05) is 24.3 Å². The number of carbonyl (C=O) groups is 1. The van der Waals surface area contributed by atoms with E-state index in [9.17, 15) is 14.4 Å². The van der Waals surface area contributed by atoms with Gasteiger partial charge in [0, 0.05) is 5.56 Å². The van der Waals surface area contributed by atoms with Crippen LogP contribution >= 0.6 is 0 Å². The largest absolute Gasteiger partial charge is 0.321 e. The molecule has 0 saturated carbocycles. The summed E-state index contributed by atoms with van der Waals surface area (Å²) in [7, 11) is 0. The molecule has 0 fully saturated rings. The molecule has 2 aromatic rings. The van der Waals surface area contributed by atoms with Crippen molar-refractivity contribution in [1.29, 1.82) is 0 Å². The van der Waals surface area contributed by atoms with Gasteiger partial charge in [-0.25, -0.2) is 0 Å². The summed E-state index contributed by atoms with van der Waals surface area (Å²) in [6, 6.07) is 13.0. The second-order valence-corrected chi connectivity index (χ2v) is 3.75. The normalized spacial score (nSPS) is 9.68. The Hall–Kier alpha value is -2.75. The van der Waals surface area contributed by atoms with E-state index < -0.39 is 5.91 Å². The Balaban J connectivity index is 2.36. The van der Waals surface area contributed by atoms with Crippen molar-refractivity contribution >= 4 is 24.2 Å². The fraction of sp³-hybridized carbons (Fsp3) is 0. The lowest BCUT2D eigenvalue weighted by atomic mass is 10.1. The number of hydrogen-bond donors (Lipinski definition) is 1. The minimum atomic E-state index is -0.403. The van der Waals surface area contributed by atoms with Crippen molar-refractivity contribution in [1.82, 2.24) is 0 Å². The molecule has 0 aromatic heterocycles. The lowest BCUT2D eigenvalue weighted by molar-refractivity contribution is 0.102. The fourth-order valence-electron chi connectivity index (χ4n) is 1.63. The third-order valence-electron chi connectivity index (χ3n) is 2.56. The maximum atomic E-state index is 12.0. The number of anilines is 1. The molecule has 2 aromatic carbocycles. The lowest BCUT2D eigenvalue weighted by Gasteiger charge is -2.09. The minimum Gasteiger partial charge on any atom is -0.321 e. The molecule has 1 amide bonds. The molecule has 4 heteroatoms. The smallest absolute Gasteiger partial charge is 0.255 e. The average Bonchev–Trinajstić information content (AvgIpc) is 2.48. The van der Waals surface area contributed by atoms with Crippen molar-refractivity contribution < 1.29 is 14.4 Å². The highest BCUT2D eigenvalue weighted by molar-refractivity contribution is 6.09. The second-order valence-electron chi connectivity index (χ2n) is 3.75. The van der Waals surface area contributed by atoms with Crippen LogP contribution in [0.3, 0.4) is 0 Å². The summed E-state index contributed by atoms with van der Waals surface area (Å²) < 4.78 is 0. The Bertz CT molecular complexity index is 594. The predicted molar refractivity (Wildman–Crippen MR) is 70.4 cm³/mol. The molecule has 92 valence electrons. The number of hydrogen-bond acceptors (Lipinski definition) is 3. The van der Waals surface area contributed by atoms with E-state index >= 15 is 0 Å². The van der Waals surface area contributed by atoms with Gasteiger partial charge in [-0.15, -0.1) is 0 Å². The standard InChI is InChI=1S/C15H9NO3/c17-9-12-7-4-8-13(10-18)14(12)16-15(19)11-5-2-1-3-6-11/h1-8H,(H,16,19). The molecule has 0 aliphatic carbocycles. The number of benzene rings is 2. The summed E-state index contributed by atoms with van der Waals surface area (Å²) in [6.45, 7) is 0. The van der Waals surface area contributed by atoms with Crippen LogP contribution in [-0.4, -0.2) is 18.5 Å². The minimum absolute atomic E-state index is 0.116. The summed E-state index contributed by atoms with van der Waals surface area (Å²) in [6.07, 6.45) is 3.37. The van der Waals surface area contributed by atoms with E-state index in [-0.39, 0.29) is 16.8 Å². The maximum absolute atomic E-state index is 12.0. The molecule has 2 rings (SSSR count). The highest BCUT2D eigenvalue weighted by Crippen LogP contribution is 2.19. The van der Waals surface area contributed by atoms with Gasteiger partial charge in [-0.05, 0) is 24.3 Å². The molecule has 0 unspecified atom stereocenters. The van der Waals surface area contributed by atoms with Gasteiger partial charge in [-0.2, -0.15) is 0 Å². The SMILES string of the molecule is O=[C]c1cccc([C]=O)c1NC(=O)c1ccccc1. The highest BCUT2D eigenvalue weighted by Gasteiger charge is 2.13. The molecule has 0 spiro atoms. The van der Waals surface area contributed by atoms with Crippen molar-refractivity contribution in [3.8, 4) is 0 Å². The van der Waals surface area contributed by atoms with E-state index in [0.717, 1.165) is 0 Å². The molecular weight excluding hydrogens is 242 g/mol.